The minimum atomic E-state index is -0.224. The molecule has 1 saturated heterocycles. The van der Waals surface area contributed by atoms with Gasteiger partial charge in [-0.3, -0.25) is 9.78 Å². The van der Waals surface area contributed by atoms with Crippen molar-refractivity contribution < 1.29 is 9.53 Å². The lowest BCUT2D eigenvalue weighted by Gasteiger charge is -2.33. The van der Waals surface area contributed by atoms with Gasteiger partial charge in [0, 0.05) is 13.1 Å². The first-order valence-corrected chi connectivity index (χ1v) is 7.73. The maximum Gasteiger partial charge on any atom is 0.242 e. The lowest BCUT2D eigenvalue weighted by molar-refractivity contribution is -0.122. The second-order valence-corrected chi connectivity index (χ2v) is 5.84. The molecular formula is C15H22N4O2. The zero-order valence-electron chi connectivity index (χ0n) is 12.4. The van der Waals surface area contributed by atoms with Crippen LogP contribution in [0, 0.1) is 5.92 Å². The quantitative estimate of drug-likeness (QED) is 0.907. The van der Waals surface area contributed by atoms with E-state index in [1.807, 2.05) is 11.8 Å². The topological polar surface area (TPSA) is 67.4 Å². The summed E-state index contributed by atoms with van der Waals surface area (Å²) in [7, 11) is 0. The van der Waals surface area contributed by atoms with E-state index in [0.717, 1.165) is 6.54 Å². The number of piperazine rings is 1. The third kappa shape index (κ3) is 3.25. The van der Waals surface area contributed by atoms with E-state index >= 15 is 0 Å². The van der Waals surface area contributed by atoms with Gasteiger partial charge in [0.2, 0.25) is 11.8 Å². The number of ether oxygens (including phenoxy) is 1. The van der Waals surface area contributed by atoms with Crippen LogP contribution < -0.4 is 15.0 Å². The molecule has 1 amide bonds. The first kappa shape index (κ1) is 14.1. The lowest BCUT2D eigenvalue weighted by Crippen LogP contribution is -2.54. The molecule has 1 aliphatic heterocycles. The summed E-state index contributed by atoms with van der Waals surface area (Å²) in [6.45, 7) is 3.97. The van der Waals surface area contributed by atoms with Crippen LogP contribution in [0.4, 0.5) is 5.82 Å². The fraction of sp³-hybridized carbons (Fsp3) is 0.667. The van der Waals surface area contributed by atoms with Crippen molar-refractivity contribution in [3.05, 3.63) is 12.4 Å². The molecule has 21 heavy (non-hydrogen) atoms. The highest BCUT2D eigenvalue weighted by Crippen LogP contribution is 2.25. The van der Waals surface area contributed by atoms with Gasteiger partial charge in [0.15, 0.2) is 5.82 Å². The summed E-state index contributed by atoms with van der Waals surface area (Å²) in [6.07, 6.45) is 8.44. The number of rotatable bonds is 4. The van der Waals surface area contributed by atoms with Gasteiger partial charge in [-0.05, 0) is 25.7 Å². The van der Waals surface area contributed by atoms with Crippen LogP contribution in [0.25, 0.3) is 0 Å². The van der Waals surface area contributed by atoms with E-state index in [1.165, 1.54) is 25.7 Å². The molecule has 1 unspecified atom stereocenters. The van der Waals surface area contributed by atoms with Gasteiger partial charge in [-0.25, -0.2) is 0 Å². The van der Waals surface area contributed by atoms with Crippen LogP contribution in [0.2, 0.25) is 0 Å². The predicted octanol–water partition coefficient (Wildman–Crippen LogP) is 1.37. The molecule has 6 nitrogen and oxygen atoms in total. The van der Waals surface area contributed by atoms with Crippen LogP contribution in [0.3, 0.4) is 0 Å². The smallest absolute Gasteiger partial charge is 0.242 e. The van der Waals surface area contributed by atoms with Gasteiger partial charge in [-0.2, -0.15) is 4.98 Å². The Hall–Kier alpha value is -1.85. The monoisotopic (exact) mass is 290 g/mol. The van der Waals surface area contributed by atoms with E-state index in [-0.39, 0.29) is 11.9 Å². The molecule has 1 N–H and O–H groups in total. The SMILES string of the molecule is CC1C(=O)NCCN1c1cncc(OCC2CCCC2)n1. The van der Waals surface area contributed by atoms with E-state index in [9.17, 15) is 4.79 Å². The third-order valence-electron chi connectivity index (χ3n) is 4.33. The van der Waals surface area contributed by atoms with Crippen LogP contribution >= 0.6 is 0 Å². The number of nitrogens with one attached hydrogen (secondary N) is 1. The van der Waals surface area contributed by atoms with E-state index in [2.05, 4.69) is 15.3 Å². The van der Waals surface area contributed by atoms with Gasteiger partial charge in [0.05, 0.1) is 19.0 Å². The zero-order chi connectivity index (χ0) is 14.7. The molecule has 6 heteroatoms. The van der Waals surface area contributed by atoms with Gasteiger partial charge >= 0.3 is 0 Å². The molecule has 2 fully saturated rings. The minimum absolute atomic E-state index is 0.0281. The van der Waals surface area contributed by atoms with E-state index < -0.39 is 0 Å². The van der Waals surface area contributed by atoms with Crippen molar-refractivity contribution >= 4 is 11.7 Å². The van der Waals surface area contributed by atoms with Gasteiger partial charge in [-0.1, -0.05) is 12.8 Å². The average Bonchev–Trinajstić information content (AvgIpc) is 3.02. The van der Waals surface area contributed by atoms with Gasteiger partial charge < -0.3 is 15.0 Å². The first-order chi connectivity index (χ1) is 10.2. The van der Waals surface area contributed by atoms with Gasteiger partial charge in [0.1, 0.15) is 6.04 Å². The van der Waals surface area contributed by atoms with Crippen LogP contribution in [-0.2, 0) is 4.79 Å². The summed E-state index contributed by atoms with van der Waals surface area (Å²) in [5.74, 6) is 1.94. The fourth-order valence-electron chi connectivity index (χ4n) is 3.02. The second-order valence-electron chi connectivity index (χ2n) is 5.84. The Kier molecular flexibility index (Phi) is 4.22. The summed E-state index contributed by atoms with van der Waals surface area (Å²) in [6, 6.07) is -0.224. The number of nitrogens with zero attached hydrogens (tertiary/aromatic N) is 3. The highest BCUT2D eigenvalue weighted by Gasteiger charge is 2.27. The highest BCUT2D eigenvalue weighted by molar-refractivity contribution is 5.85. The molecule has 0 spiro atoms. The first-order valence-electron chi connectivity index (χ1n) is 7.73. The largest absolute Gasteiger partial charge is 0.476 e. The van der Waals surface area contributed by atoms with Crippen molar-refractivity contribution in [2.45, 2.75) is 38.6 Å². The molecule has 0 aromatic carbocycles. The molecule has 114 valence electrons. The standard InChI is InChI=1S/C15H22N4O2/c1-11-15(20)17-6-7-19(11)13-8-16-9-14(18-13)21-10-12-4-2-3-5-12/h8-9,11-12H,2-7,10H2,1H3,(H,17,20). The molecule has 1 aromatic rings. The molecule has 0 bridgehead atoms. The molecule has 1 aliphatic carbocycles. The minimum Gasteiger partial charge on any atom is -0.476 e. The third-order valence-corrected chi connectivity index (χ3v) is 4.33. The Bertz CT molecular complexity index is 502. The predicted molar refractivity (Wildman–Crippen MR) is 79.3 cm³/mol. The zero-order valence-corrected chi connectivity index (χ0v) is 12.4. The molecule has 3 rings (SSSR count). The molecule has 2 heterocycles. The van der Waals surface area contributed by atoms with E-state index in [1.54, 1.807) is 12.4 Å². The van der Waals surface area contributed by atoms with Crippen molar-refractivity contribution in [1.29, 1.82) is 0 Å². The highest BCUT2D eigenvalue weighted by atomic mass is 16.5. The van der Waals surface area contributed by atoms with Crippen molar-refractivity contribution in [3.63, 3.8) is 0 Å². The fourth-order valence-corrected chi connectivity index (χ4v) is 3.02. The van der Waals surface area contributed by atoms with Crippen LogP contribution in [0.1, 0.15) is 32.6 Å². The summed E-state index contributed by atoms with van der Waals surface area (Å²) in [5, 5.41) is 2.85. The number of hydrogen-bond acceptors (Lipinski definition) is 5. The summed E-state index contributed by atoms with van der Waals surface area (Å²) in [5.41, 5.74) is 0. The van der Waals surface area contributed by atoms with Crippen molar-refractivity contribution in [2.75, 3.05) is 24.6 Å². The summed E-state index contributed by atoms with van der Waals surface area (Å²) < 4.78 is 5.78. The number of hydrogen-bond donors (Lipinski definition) is 1. The lowest BCUT2D eigenvalue weighted by atomic mass is 10.1. The molecule has 1 aromatic heterocycles. The average molecular weight is 290 g/mol. The molecular weight excluding hydrogens is 268 g/mol. The number of amides is 1. The van der Waals surface area contributed by atoms with Crippen LogP contribution in [0.15, 0.2) is 12.4 Å². The normalized spacial score (nSPS) is 23.2. The Morgan fingerprint density at radius 3 is 3.00 bits per heavy atom. The van der Waals surface area contributed by atoms with Crippen LogP contribution in [0.5, 0.6) is 5.88 Å². The van der Waals surface area contributed by atoms with E-state index in [0.29, 0.717) is 30.8 Å². The molecule has 0 radical (unpaired) electrons. The maximum absolute atomic E-state index is 11.7. The maximum atomic E-state index is 11.7. The Balaban J connectivity index is 1.66. The second kappa shape index (κ2) is 6.28. The van der Waals surface area contributed by atoms with Crippen LogP contribution in [-0.4, -0.2) is 41.6 Å². The number of carbonyl (C=O) groups is 1. The number of aromatic nitrogens is 2. The molecule has 1 atom stereocenters. The Labute approximate surface area is 124 Å². The van der Waals surface area contributed by atoms with Crippen molar-refractivity contribution in [1.82, 2.24) is 15.3 Å². The van der Waals surface area contributed by atoms with Crippen molar-refractivity contribution in [2.24, 2.45) is 5.92 Å². The number of anilines is 1. The molecule has 1 saturated carbocycles. The summed E-state index contributed by atoms with van der Waals surface area (Å²) in [4.78, 5) is 22.4. The Morgan fingerprint density at radius 2 is 2.19 bits per heavy atom. The van der Waals surface area contributed by atoms with Crippen molar-refractivity contribution in [3.8, 4) is 5.88 Å². The van der Waals surface area contributed by atoms with E-state index in [4.69, 9.17) is 4.74 Å². The Morgan fingerprint density at radius 1 is 1.38 bits per heavy atom. The summed E-state index contributed by atoms with van der Waals surface area (Å²) >= 11 is 0. The van der Waals surface area contributed by atoms with Gasteiger partial charge in [0.25, 0.3) is 0 Å². The van der Waals surface area contributed by atoms with Gasteiger partial charge in [-0.15, -0.1) is 0 Å². The number of carbonyl (C=O) groups excluding carboxylic acids is 1. The molecule has 2 aliphatic rings.